The van der Waals surface area contributed by atoms with Gasteiger partial charge in [0, 0.05) is 5.92 Å². The van der Waals surface area contributed by atoms with Gasteiger partial charge in [-0.2, -0.15) is 0 Å². The number of benzene rings is 4. The molecule has 0 radical (unpaired) electrons. The Labute approximate surface area is 161 Å². The largest absolute Gasteiger partial charge is 0.0622 e. The lowest BCUT2D eigenvalue weighted by Crippen LogP contribution is -2.03. The zero-order chi connectivity index (χ0) is 18.3. The van der Waals surface area contributed by atoms with Gasteiger partial charge >= 0.3 is 0 Å². The summed E-state index contributed by atoms with van der Waals surface area (Å²) >= 11 is 0. The van der Waals surface area contributed by atoms with E-state index >= 15 is 0 Å². The monoisotopic (exact) mass is 346 g/mol. The van der Waals surface area contributed by atoms with Gasteiger partial charge in [0.05, 0.1) is 0 Å². The van der Waals surface area contributed by atoms with Crippen LogP contribution in [0, 0.1) is 0 Å². The van der Waals surface area contributed by atoms with Gasteiger partial charge in [-0.15, -0.1) is 0 Å². The highest BCUT2D eigenvalue weighted by Gasteiger charge is 2.16. The molecule has 0 spiro atoms. The first-order valence-corrected chi connectivity index (χ1v) is 9.33. The van der Waals surface area contributed by atoms with Crippen molar-refractivity contribution in [1.29, 1.82) is 0 Å². The van der Waals surface area contributed by atoms with Crippen molar-refractivity contribution < 1.29 is 0 Å². The van der Waals surface area contributed by atoms with Gasteiger partial charge in [-0.3, -0.25) is 0 Å². The van der Waals surface area contributed by atoms with Gasteiger partial charge in [0.1, 0.15) is 0 Å². The zero-order valence-electron chi connectivity index (χ0n) is 15.2. The highest BCUT2D eigenvalue weighted by atomic mass is 14.2. The predicted molar refractivity (Wildman–Crippen MR) is 116 cm³/mol. The average molecular weight is 346 g/mol. The highest BCUT2D eigenvalue weighted by Crippen LogP contribution is 2.32. The summed E-state index contributed by atoms with van der Waals surface area (Å²) in [4.78, 5) is 0. The van der Waals surface area contributed by atoms with Crippen molar-refractivity contribution in [2.24, 2.45) is 0 Å². The first kappa shape index (κ1) is 17.1. The van der Waals surface area contributed by atoms with Crippen LogP contribution in [0.3, 0.4) is 0 Å². The summed E-state index contributed by atoms with van der Waals surface area (Å²) in [5.74, 6) is 0.234. The van der Waals surface area contributed by atoms with E-state index in [1.54, 1.807) is 0 Å². The standard InChI is InChI=1S/C27H22/c1-4-11-22(12-5-1)19-20-23-13-10-18-26(21-23)27(24-14-6-2-7-15-24)25-16-8-3-9-17-25/h1-21,27H. The van der Waals surface area contributed by atoms with Crippen molar-refractivity contribution in [2.75, 3.05) is 0 Å². The summed E-state index contributed by atoms with van der Waals surface area (Å²) in [6, 6.07) is 40.7. The maximum absolute atomic E-state index is 2.30. The number of hydrogen-bond donors (Lipinski definition) is 0. The zero-order valence-corrected chi connectivity index (χ0v) is 15.2. The molecule has 4 aromatic rings. The minimum atomic E-state index is 0.234. The lowest BCUT2D eigenvalue weighted by molar-refractivity contribution is 0.977. The van der Waals surface area contributed by atoms with Gasteiger partial charge in [0.2, 0.25) is 0 Å². The topological polar surface area (TPSA) is 0 Å². The average Bonchev–Trinajstić information content (AvgIpc) is 2.75. The molecule has 0 saturated heterocycles. The van der Waals surface area contributed by atoms with E-state index < -0.39 is 0 Å². The van der Waals surface area contributed by atoms with Crippen LogP contribution in [0.2, 0.25) is 0 Å². The van der Waals surface area contributed by atoms with Crippen LogP contribution in [-0.2, 0) is 0 Å². The second-order valence-corrected chi connectivity index (χ2v) is 6.67. The molecule has 0 aliphatic heterocycles. The molecule has 0 heterocycles. The molecular formula is C27H22. The van der Waals surface area contributed by atoms with E-state index in [1.165, 1.54) is 27.8 Å². The molecule has 0 aliphatic carbocycles. The third-order valence-corrected chi connectivity index (χ3v) is 4.78. The third-order valence-electron chi connectivity index (χ3n) is 4.78. The smallest absolute Gasteiger partial charge is 0.0340 e. The first-order valence-electron chi connectivity index (χ1n) is 9.33. The van der Waals surface area contributed by atoms with Crippen molar-refractivity contribution in [3.05, 3.63) is 143 Å². The van der Waals surface area contributed by atoms with Crippen LogP contribution in [0.4, 0.5) is 0 Å². The van der Waals surface area contributed by atoms with Gasteiger partial charge in [-0.1, -0.05) is 127 Å². The minimum Gasteiger partial charge on any atom is -0.0622 e. The Kier molecular flexibility index (Phi) is 5.26. The summed E-state index contributed by atoms with van der Waals surface area (Å²) in [5.41, 5.74) is 6.36. The number of rotatable bonds is 5. The van der Waals surface area contributed by atoms with Gasteiger partial charge in [-0.05, 0) is 27.8 Å². The van der Waals surface area contributed by atoms with Gasteiger partial charge < -0.3 is 0 Å². The summed E-state index contributed by atoms with van der Waals surface area (Å²) in [5, 5.41) is 0. The van der Waals surface area contributed by atoms with Crippen molar-refractivity contribution in [2.45, 2.75) is 5.92 Å². The SMILES string of the molecule is C(=Cc1cccc(C(c2ccccc2)c2ccccc2)c1)c1ccccc1. The first-order chi connectivity index (χ1) is 13.4. The van der Waals surface area contributed by atoms with Crippen LogP contribution >= 0.6 is 0 Å². The highest BCUT2D eigenvalue weighted by molar-refractivity contribution is 5.70. The Morgan fingerprint density at radius 1 is 0.407 bits per heavy atom. The molecule has 0 saturated carbocycles. The Hall–Kier alpha value is -3.38. The van der Waals surface area contributed by atoms with Crippen LogP contribution in [-0.4, -0.2) is 0 Å². The number of hydrogen-bond acceptors (Lipinski definition) is 0. The Bertz CT molecular complexity index is 960. The van der Waals surface area contributed by atoms with Gasteiger partial charge in [0.15, 0.2) is 0 Å². The lowest BCUT2D eigenvalue weighted by atomic mass is 9.84. The maximum atomic E-state index is 2.30. The van der Waals surface area contributed by atoms with E-state index in [2.05, 4.69) is 121 Å². The molecule has 0 amide bonds. The van der Waals surface area contributed by atoms with Gasteiger partial charge in [0.25, 0.3) is 0 Å². The molecule has 4 aromatic carbocycles. The molecule has 27 heavy (non-hydrogen) atoms. The van der Waals surface area contributed by atoms with Crippen molar-refractivity contribution in [3.8, 4) is 0 Å². The molecule has 0 atom stereocenters. The van der Waals surface area contributed by atoms with Crippen LogP contribution in [0.1, 0.15) is 33.7 Å². The molecule has 0 heteroatoms. The Morgan fingerprint density at radius 2 is 0.852 bits per heavy atom. The second-order valence-electron chi connectivity index (χ2n) is 6.67. The van der Waals surface area contributed by atoms with Crippen molar-refractivity contribution in [1.82, 2.24) is 0 Å². The molecule has 4 rings (SSSR count). The van der Waals surface area contributed by atoms with Crippen LogP contribution in [0.5, 0.6) is 0 Å². The van der Waals surface area contributed by atoms with E-state index in [0.717, 1.165) is 0 Å². The molecule has 0 aliphatic rings. The Balaban J connectivity index is 1.72. The third kappa shape index (κ3) is 4.24. The van der Waals surface area contributed by atoms with E-state index in [0.29, 0.717) is 0 Å². The maximum Gasteiger partial charge on any atom is 0.0340 e. The van der Waals surface area contributed by atoms with E-state index in [9.17, 15) is 0 Å². The van der Waals surface area contributed by atoms with Crippen molar-refractivity contribution in [3.63, 3.8) is 0 Å². The van der Waals surface area contributed by atoms with Crippen molar-refractivity contribution >= 4 is 12.2 Å². The minimum absolute atomic E-state index is 0.234. The molecule has 0 aromatic heterocycles. The van der Waals surface area contributed by atoms with E-state index in [1.807, 2.05) is 6.07 Å². The Morgan fingerprint density at radius 3 is 1.44 bits per heavy atom. The predicted octanol–water partition coefficient (Wildman–Crippen LogP) is 7.04. The molecule has 0 nitrogen and oxygen atoms in total. The fourth-order valence-corrected chi connectivity index (χ4v) is 3.47. The van der Waals surface area contributed by atoms with Crippen LogP contribution in [0.25, 0.3) is 12.2 Å². The molecule has 0 unspecified atom stereocenters. The van der Waals surface area contributed by atoms with Gasteiger partial charge in [-0.25, -0.2) is 0 Å². The fourth-order valence-electron chi connectivity index (χ4n) is 3.47. The van der Waals surface area contributed by atoms with Crippen LogP contribution < -0.4 is 0 Å². The van der Waals surface area contributed by atoms with Crippen LogP contribution in [0.15, 0.2) is 115 Å². The molecule has 0 fully saturated rings. The molecule has 130 valence electrons. The second kappa shape index (κ2) is 8.33. The summed E-state index contributed by atoms with van der Waals surface area (Å²) in [6.45, 7) is 0. The summed E-state index contributed by atoms with van der Waals surface area (Å²) < 4.78 is 0. The molecule has 0 bridgehead atoms. The summed E-state index contributed by atoms with van der Waals surface area (Å²) in [6.07, 6.45) is 4.35. The summed E-state index contributed by atoms with van der Waals surface area (Å²) in [7, 11) is 0. The lowest BCUT2D eigenvalue weighted by Gasteiger charge is -2.19. The normalized spacial score (nSPS) is 11.1. The quantitative estimate of drug-likeness (QED) is 0.268. The molecular weight excluding hydrogens is 324 g/mol. The van der Waals surface area contributed by atoms with E-state index in [4.69, 9.17) is 0 Å². The molecule has 0 N–H and O–H groups in total. The fraction of sp³-hybridized carbons (Fsp3) is 0.0370. The van der Waals surface area contributed by atoms with E-state index in [-0.39, 0.29) is 5.92 Å².